The molecular formula is C32H30N2O5. The number of amides is 1. The minimum absolute atomic E-state index is 0.154. The molecule has 7 heteroatoms. The Labute approximate surface area is 227 Å². The van der Waals surface area contributed by atoms with E-state index in [0.717, 1.165) is 33.3 Å². The smallest absolute Gasteiger partial charge is 0.254 e. The lowest BCUT2D eigenvalue weighted by molar-refractivity contribution is 0.0717. The second kappa shape index (κ2) is 11.3. The van der Waals surface area contributed by atoms with E-state index in [0.29, 0.717) is 28.6 Å². The number of pyridine rings is 1. The van der Waals surface area contributed by atoms with Crippen molar-refractivity contribution < 1.29 is 23.4 Å². The molecule has 5 rings (SSSR count). The van der Waals surface area contributed by atoms with Crippen LogP contribution >= 0.6 is 0 Å². The molecule has 0 saturated carbocycles. The van der Waals surface area contributed by atoms with Gasteiger partial charge in [-0.2, -0.15) is 0 Å². The van der Waals surface area contributed by atoms with E-state index in [-0.39, 0.29) is 19.0 Å². The Hall–Kier alpha value is -4.78. The minimum Gasteiger partial charge on any atom is -0.497 e. The molecule has 198 valence electrons. The van der Waals surface area contributed by atoms with Gasteiger partial charge in [-0.25, -0.2) is 4.98 Å². The first-order chi connectivity index (χ1) is 19.0. The fraction of sp³-hybridized carbons (Fsp3) is 0.188. The van der Waals surface area contributed by atoms with Gasteiger partial charge < -0.3 is 23.5 Å². The van der Waals surface area contributed by atoms with Gasteiger partial charge in [0.25, 0.3) is 5.91 Å². The third kappa shape index (κ3) is 5.43. The Morgan fingerprint density at radius 2 is 1.64 bits per heavy atom. The molecular weight excluding hydrogens is 492 g/mol. The predicted octanol–water partition coefficient (Wildman–Crippen LogP) is 6.67. The van der Waals surface area contributed by atoms with Crippen molar-refractivity contribution in [1.82, 2.24) is 9.88 Å². The van der Waals surface area contributed by atoms with Gasteiger partial charge in [0, 0.05) is 23.1 Å². The van der Waals surface area contributed by atoms with Crippen molar-refractivity contribution >= 4 is 16.8 Å². The fourth-order valence-electron chi connectivity index (χ4n) is 4.68. The first-order valence-corrected chi connectivity index (χ1v) is 12.6. The van der Waals surface area contributed by atoms with E-state index in [4.69, 9.17) is 23.6 Å². The number of carbonyl (C=O) groups is 1. The summed E-state index contributed by atoms with van der Waals surface area (Å²) in [6.45, 7) is 2.60. The maximum absolute atomic E-state index is 13.9. The number of aryl methyl sites for hydroxylation is 1. The summed E-state index contributed by atoms with van der Waals surface area (Å²) in [5.74, 6) is 2.48. The van der Waals surface area contributed by atoms with Crippen LogP contribution in [-0.2, 0) is 13.1 Å². The van der Waals surface area contributed by atoms with Gasteiger partial charge in [-0.3, -0.25) is 4.79 Å². The van der Waals surface area contributed by atoms with Crippen molar-refractivity contribution in [3.63, 3.8) is 0 Å². The Kier molecular flexibility index (Phi) is 7.50. The highest BCUT2D eigenvalue weighted by Crippen LogP contribution is 2.37. The second-order valence-electron chi connectivity index (χ2n) is 9.18. The molecule has 2 aromatic heterocycles. The Morgan fingerprint density at radius 3 is 2.38 bits per heavy atom. The summed E-state index contributed by atoms with van der Waals surface area (Å²) in [7, 11) is 4.84. The van der Waals surface area contributed by atoms with Gasteiger partial charge in [0.15, 0.2) is 0 Å². The zero-order valence-electron chi connectivity index (χ0n) is 22.4. The third-order valence-corrected chi connectivity index (χ3v) is 6.68. The van der Waals surface area contributed by atoms with Crippen LogP contribution < -0.4 is 14.2 Å². The van der Waals surface area contributed by atoms with E-state index in [9.17, 15) is 4.79 Å². The van der Waals surface area contributed by atoms with Crippen molar-refractivity contribution in [3.05, 3.63) is 108 Å². The maximum Gasteiger partial charge on any atom is 0.254 e. The normalized spacial score (nSPS) is 10.9. The average molecular weight is 523 g/mol. The van der Waals surface area contributed by atoms with Gasteiger partial charge >= 0.3 is 0 Å². The van der Waals surface area contributed by atoms with E-state index in [1.165, 1.54) is 0 Å². The molecule has 39 heavy (non-hydrogen) atoms. The molecule has 7 nitrogen and oxygen atoms in total. The lowest BCUT2D eigenvalue weighted by Gasteiger charge is -2.24. The molecule has 0 radical (unpaired) electrons. The Morgan fingerprint density at radius 1 is 0.846 bits per heavy atom. The van der Waals surface area contributed by atoms with Gasteiger partial charge in [-0.05, 0) is 72.6 Å². The van der Waals surface area contributed by atoms with Gasteiger partial charge in [0.1, 0.15) is 23.0 Å². The van der Waals surface area contributed by atoms with Crippen LogP contribution in [0.25, 0.3) is 22.2 Å². The molecule has 0 fully saturated rings. The molecule has 0 spiro atoms. The zero-order chi connectivity index (χ0) is 27.4. The molecule has 0 N–H and O–H groups in total. The highest BCUT2D eigenvalue weighted by Gasteiger charge is 2.23. The van der Waals surface area contributed by atoms with Crippen molar-refractivity contribution in [2.24, 2.45) is 0 Å². The molecule has 0 aliphatic heterocycles. The summed E-state index contributed by atoms with van der Waals surface area (Å²) in [5.41, 5.74) is 4.83. The Bertz CT molecular complexity index is 1610. The number of carbonyl (C=O) groups excluding carboxylic acids is 1. The standard InChI is InChI=1S/C32H30N2O5/c1-21-8-5-9-22-16-24(31(33-30(21)22)28-18-26(37-3)13-14-29(28)38-4)19-34(20-27-12-7-15-39-27)32(35)23-10-6-11-25(17-23)36-2/h5-18H,19-20H2,1-4H3. The number of para-hydroxylation sites is 1. The molecule has 0 saturated heterocycles. The summed E-state index contributed by atoms with van der Waals surface area (Å²) < 4.78 is 22.2. The number of methoxy groups -OCH3 is 3. The van der Waals surface area contributed by atoms with E-state index >= 15 is 0 Å². The highest BCUT2D eigenvalue weighted by molar-refractivity contribution is 5.95. The predicted molar refractivity (Wildman–Crippen MR) is 150 cm³/mol. The summed E-state index contributed by atoms with van der Waals surface area (Å²) in [5, 5.41) is 0.988. The van der Waals surface area contributed by atoms with E-state index in [1.807, 2.05) is 67.6 Å². The Balaban J connectivity index is 1.66. The van der Waals surface area contributed by atoms with Crippen molar-refractivity contribution in [2.75, 3.05) is 21.3 Å². The summed E-state index contributed by atoms with van der Waals surface area (Å²) in [6, 6.07) is 24.6. The first-order valence-electron chi connectivity index (χ1n) is 12.6. The molecule has 0 atom stereocenters. The zero-order valence-corrected chi connectivity index (χ0v) is 22.4. The monoisotopic (exact) mass is 522 g/mol. The number of nitrogens with zero attached hydrogens (tertiary/aromatic N) is 2. The summed E-state index contributed by atoms with van der Waals surface area (Å²) in [6.07, 6.45) is 1.61. The number of furan rings is 1. The minimum atomic E-state index is -0.154. The van der Waals surface area contributed by atoms with E-state index < -0.39 is 0 Å². The maximum atomic E-state index is 13.9. The molecule has 5 aromatic rings. The highest BCUT2D eigenvalue weighted by atomic mass is 16.5. The molecule has 0 unspecified atom stereocenters. The SMILES string of the molecule is COc1cccc(C(=O)N(Cc2ccco2)Cc2cc3cccc(C)c3nc2-c2cc(OC)ccc2OC)c1. The van der Waals surface area contributed by atoms with Crippen molar-refractivity contribution in [3.8, 4) is 28.5 Å². The number of fused-ring (bicyclic) bond motifs is 1. The lowest BCUT2D eigenvalue weighted by Crippen LogP contribution is -2.30. The van der Waals surface area contributed by atoms with Crippen LogP contribution in [0.5, 0.6) is 17.2 Å². The molecule has 0 aliphatic carbocycles. The van der Waals surface area contributed by atoms with E-state index in [1.54, 1.807) is 44.6 Å². The third-order valence-electron chi connectivity index (χ3n) is 6.68. The van der Waals surface area contributed by atoms with Crippen molar-refractivity contribution in [1.29, 1.82) is 0 Å². The number of rotatable bonds is 9. The van der Waals surface area contributed by atoms with Gasteiger partial charge in [0.2, 0.25) is 0 Å². The number of aromatic nitrogens is 1. The van der Waals surface area contributed by atoms with Crippen LogP contribution in [0, 0.1) is 6.92 Å². The van der Waals surface area contributed by atoms with Crippen LogP contribution in [0.15, 0.2) is 89.5 Å². The lowest BCUT2D eigenvalue weighted by atomic mass is 10.00. The van der Waals surface area contributed by atoms with Crippen LogP contribution in [0.2, 0.25) is 0 Å². The van der Waals surface area contributed by atoms with Gasteiger partial charge in [-0.1, -0.05) is 24.3 Å². The topological polar surface area (TPSA) is 74.0 Å². The van der Waals surface area contributed by atoms with Gasteiger partial charge in [0.05, 0.1) is 45.3 Å². The molecule has 1 amide bonds. The average Bonchev–Trinajstić information content (AvgIpc) is 3.49. The van der Waals surface area contributed by atoms with E-state index in [2.05, 4.69) is 6.07 Å². The number of hydrogen-bond donors (Lipinski definition) is 0. The molecule has 2 heterocycles. The van der Waals surface area contributed by atoms with Crippen molar-refractivity contribution in [2.45, 2.75) is 20.0 Å². The molecule has 0 bridgehead atoms. The largest absolute Gasteiger partial charge is 0.497 e. The number of benzene rings is 3. The van der Waals surface area contributed by atoms with Crippen LogP contribution in [-0.4, -0.2) is 37.1 Å². The quantitative estimate of drug-likeness (QED) is 0.215. The number of hydrogen-bond acceptors (Lipinski definition) is 6. The summed E-state index contributed by atoms with van der Waals surface area (Å²) in [4.78, 5) is 20.8. The molecule has 0 aliphatic rings. The van der Waals surface area contributed by atoms with Gasteiger partial charge in [-0.15, -0.1) is 0 Å². The first kappa shape index (κ1) is 25.9. The summed E-state index contributed by atoms with van der Waals surface area (Å²) >= 11 is 0. The van der Waals surface area contributed by atoms with Crippen LogP contribution in [0.4, 0.5) is 0 Å². The molecule has 3 aromatic carbocycles. The van der Waals surface area contributed by atoms with Crippen LogP contribution in [0.1, 0.15) is 27.2 Å². The fourth-order valence-corrected chi connectivity index (χ4v) is 4.68. The van der Waals surface area contributed by atoms with Crippen LogP contribution in [0.3, 0.4) is 0 Å². The second-order valence-corrected chi connectivity index (χ2v) is 9.18. The number of ether oxygens (including phenoxy) is 3.